The Balaban J connectivity index is 0.987. The Hall–Kier alpha value is -8.56. The molecule has 0 saturated heterocycles. The third-order valence-electron chi connectivity index (χ3n) is 11.9. The summed E-state index contributed by atoms with van der Waals surface area (Å²) >= 11 is 0. The number of halogens is 3. The van der Waals surface area contributed by atoms with E-state index in [2.05, 4.69) is 26.6 Å². The number of rotatable bonds is 23. The first-order valence-electron chi connectivity index (χ1n) is 24.0. The number of aromatic carboxylic acids is 1. The quantitative estimate of drug-likeness (QED) is 0.0199. The molecule has 1 aliphatic heterocycles. The van der Waals surface area contributed by atoms with Gasteiger partial charge in [-0.2, -0.15) is 13.2 Å². The van der Waals surface area contributed by atoms with Crippen LogP contribution < -0.4 is 43.0 Å². The Morgan fingerprint density at radius 2 is 1.37 bits per heavy atom. The van der Waals surface area contributed by atoms with Crippen molar-refractivity contribution in [3.8, 4) is 28.2 Å². The molecular formula is C53H55F3N6O13. The van der Waals surface area contributed by atoms with Crippen molar-refractivity contribution < 1.29 is 65.8 Å². The summed E-state index contributed by atoms with van der Waals surface area (Å²) in [5.41, 5.74) is 1.28. The fourth-order valence-electron chi connectivity index (χ4n) is 8.30. The highest BCUT2D eigenvalue weighted by atomic mass is 19.4. The second-order valence-corrected chi connectivity index (χ2v) is 18.2. The molecular weight excluding hydrogens is 986 g/mol. The maximum atomic E-state index is 13.5. The third kappa shape index (κ3) is 15.2. The van der Waals surface area contributed by atoms with Crippen LogP contribution >= 0.6 is 0 Å². The summed E-state index contributed by atoms with van der Waals surface area (Å²) in [6.07, 6.45) is -3.52. The van der Waals surface area contributed by atoms with Gasteiger partial charge in [-0.3, -0.25) is 33.6 Å². The number of fused-ring (bicyclic) bond motifs is 3. The Morgan fingerprint density at radius 3 is 2.11 bits per heavy atom. The molecule has 19 nitrogen and oxygen atoms in total. The van der Waals surface area contributed by atoms with E-state index in [9.17, 15) is 66.5 Å². The van der Waals surface area contributed by atoms with Gasteiger partial charge < -0.3 is 50.9 Å². The van der Waals surface area contributed by atoms with Crippen LogP contribution in [0.25, 0.3) is 44.4 Å². The van der Waals surface area contributed by atoms with Crippen molar-refractivity contribution in [3.63, 3.8) is 0 Å². The highest BCUT2D eigenvalue weighted by Gasteiger charge is 2.38. The number of hydrogen-bond donors (Lipinski definition) is 8. The number of unbranched alkanes of at least 4 members (excludes halogenated alkanes) is 3. The second-order valence-electron chi connectivity index (χ2n) is 18.2. The molecule has 2 aliphatic rings. The first kappa shape index (κ1) is 55.7. The number of amides is 6. The third-order valence-corrected chi connectivity index (χ3v) is 11.9. The van der Waals surface area contributed by atoms with E-state index < -0.39 is 71.8 Å². The van der Waals surface area contributed by atoms with Gasteiger partial charge in [0.2, 0.25) is 23.6 Å². The zero-order chi connectivity index (χ0) is 54.6. The molecule has 22 heteroatoms. The number of carboxylic acids is 1. The van der Waals surface area contributed by atoms with Crippen LogP contribution in [0.5, 0.6) is 5.75 Å². The van der Waals surface area contributed by atoms with Crippen LogP contribution in [0.1, 0.15) is 91.5 Å². The number of anilines is 1. The SMILES string of the molecule is Cc1cc(=O)oc2cc(NC(=O)C(CCCCNC(=O)C(F)(F)F)NC(=O)CNC(=O)C(CC(C)C)NC(=O)CCCCCNC(=O)c3ccc(-c4c5ccc(=O)cc-5oc5cc(O)ccc45)c(C(=O)O)c3)ccc12. The van der Waals surface area contributed by atoms with E-state index in [4.69, 9.17) is 8.83 Å². The van der Waals surface area contributed by atoms with Gasteiger partial charge in [-0.15, -0.1) is 0 Å². The van der Waals surface area contributed by atoms with Gasteiger partial charge in [-0.05, 0) is 111 Å². The number of hydrogen-bond acceptors (Lipinski definition) is 12. The van der Waals surface area contributed by atoms with Crippen LogP contribution in [0, 0.1) is 12.8 Å². The van der Waals surface area contributed by atoms with E-state index in [-0.39, 0.29) is 102 Å². The number of carbonyl (C=O) groups is 7. The van der Waals surface area contributed by atoms with Crippen molar-refractivity contribution in [2.45, 2.75) is 90.4 Å². The smallest absolute Gasteiger partial charge is 0.471 e. The highest BCUT2D eigenvalue weighted by molar-refractivity contribution is 6.09. The molecule has 1 aliphatic carbocycles. The van der Waals surface area contributed by atoms with Gasteiger partial charge in [-0.25, -0.2) is 9.59 Å². The molecule has 1 aromatic heterocycles. The van der Waals surface area contributed by atoms with Gasteiger partial charge >= 0.3 is 23.7 Å². The lowest BCUT2D eigenvalue weighted by molar-refractivity contribution is -0.173. The largest absolute Gasteiger partial charge is 0.508 e. The average Bonchev–Trinajstić information content (AvgIpc) is 3.34. The number of phenols is 1. The standard InChI is InChI=1S/C53H55F3N6O13/c1-28(2)21-40(49(69)59-27-45(66)61-39(9-6-8-20-58-52(73)53(54,55)56)50(70)60-31-12-16-34-29(3)22-46(67)75-41(34)24-31)62-44(65)10-5-4-7-19-57-48(68)30-11-15-35(38(23-30)51(71)72)47-36-17-13-32(63)25-42(36)74-43-26-33(64)14-18-37(43)47/h11-18,22-26,28,39-40,63H,4-10,19-21,27H2,1-3H3,(H,57,68)(H,58,73)(H,59,69)(H,60,70)(H,61,66)(H,62,65)(H,71,72). The Bertz CT molecular complexity index is 3220. The fraction of sp³-hybridized carbons (Fsp3) is 0.340. The summed E-state index contributed by atoms with van der Waals surface area (Å²) in [4.78, 5) is 114. The minimum Gasteiger partial charge on any atom is -0.508 e. The molecule has 6 amide bonds. The topological polar surface area (TPSA) is 293 Å². The maximum Gasteiger partial charge on any atom is 0.471 e. The Labute approximate surface area is 426 Å². The summed E-state index contributed by atoms with van der Waals surface area (Å²) in [6, 6.07) is 16.2. The normalized spacial score (nSPS) is 12.3. The molecule has 2 atom stereocenters. The monoisotopic (exact) mass is 1040 g/mol. The molecule has 8 N–H and O–H groups in total. The number of carboxylic acid groups (broad SMARTS) is 1. The van der Waals surface area contributed by atoms with Crippen molar-refractivity contribution in [1.29, 1.82) is 0 Å². The van der Waals surface area contributed by atoms with Crippen molar-refractivity contribution in [2.75, 3.05) is 25.0 Å². The van der Waals surface area contributed by atoms with Gasteiger partial charge in [0.05, 0.1) is 12.1 Å². The first-order chi connectivity index (χ1) is 35.6. The van der Waals surface area contributed by atoms with Crippen LogP contribution in [-0.2, 0) is 24.0 Å². The second kappa shape index (κ2) is 24.9. The van der Waals surface area contributed by atoms with E-state index in [1.54, 1.807) is 30.4 Å². The lowest BCUT2D eigenvalue weighted by atomic mass is 9.90. The number of nitrogens with one attached hydrogen (secondary N) is 6. The molecule has 396 valence electrons. The van der Waals surface area contributed by atoms with Gasteiger partial charge in [0.1, 0.15) is 34.8 Å². The summed E-state index contributed by atoms with van der Waals surface area (Å²) < 4.78 is 49.0. The zero-order valence-corrected chi connectivity index (χ0v) is 41.0. The molecule has 3 aromatic carbocycles. The van der Waals surface area contributed by atoms with Crippen molar-refractivity contribution in [2.24, 2.45) is 5.92 Å². The number of aryl methyl sites for hydroxylation is 1. The van der Waals surface area contributed by atoms with Crippen molar-refractivity contribution in [1.82, 2.24) is 26.6 Å². The van der Waals surface area contributed by atoms with Crippen LogP contribution in [0.2, 0.25) is 0 Å². The van der Waals surface area contributed by atoms with Crippen LogP contribution in [-0.4, -0.2) is 89.5 Å². The summed E-state index contributed by atoms with van der Waals surface area (Å²) in [5.74, 6) is -6.64. The summed E-state index contributed by atoms with van der Waals surface area (Å²) in [5, 5.41) is 36.3. The van der Waals surface area contributed by atoms with Crippen LogP contribution in [0.15, 0.2) is 97.3 Å². The molecule has 75 heavy (non-hydrogen) atoms. The van der Waals surface area contributed by atoms with Gasteiger partial charge in [0.15, 0.2) is 5.43 Å². The zero-order valence-electron chi connectivity index (χ0n) is 41.0. The molecule has 0 spiro atoms. The number of alkyl halides is 3. The maximum absolute atomic E-state index is 13.5. The minimum absolute atomic E-state index is 0.0186. The van der Waals surface area contributed by atoms with E-state index in [1.807, 2.05) is 13.8 Å². The number of benzene rings is 4. The molecule has 4 aromatic rings. The lowest BCUT2D eigenvalue weighted by Gasteiger charge is -2.21. The Kier molecular flexibility index (Phi) is 18.5. The minimum atomic E-state index is -5.08. The molecule has 0 bridgehead atoms. The molecule has 0 saturated carbocycles. The predicted octanol–water partition coefficient (Wildman–Crippen LogP) is 6.29. The van der Waals surface area contributed by atoms with Crippen LogP contribution in [0.3, 0.4) is 0 Å². The van der Waals surface area contributed by atoms with E-state index in [0.717, 1.165) is 0 Å². The van der Waals surface area contributed by atoms with Gasteiger partial charge in [0.25, 0.3) is 5.91 Å². The first-order valence-corrected chi connectivity index (χ1v) is 24.0. The molecule has 2 heterocycles. The number of phenolic OH excluding ortho intramolecular Hbond substituents is 1. The molecule has 6 rings (SSSR count). The van der Waals surface area contributed by atoms with E-state index >= 15 is 0 Å². The molecule has 2 unspecified atom stereocenters. The average molecular weight is 1040 g/mol. The van der Waals surface area contributed by atoms with Crippen molar-refractivity contribution in [3.05, 3.63) is 116 Å². The van der Waals surface area contributed by atoms with E-state index in [0.29, 0.717) is 46.7 Å². The predicted molar refractivity (Wildman–Crippen MR) is 269 cm³/mol. The van der Waals surface area contributed by atoms with Crippen LogP contribution in [0.4, 0.5) is 18.9 Å². The molecule has 0 fully saturated rings. The van der Waals surface area contributed by atoms with Gasteiger partial charge in [0, 0.05) is 76.9 Å². The Morgan fingerprint density at radius 1 is 0.680 bits per heavy atom. The fourth-order valence-corrected chi connectivity index (χ4v) is 8.30. The lowest BCUT2D eigenvalue weighted by Crippen LogP contribution is -2.51. The summed E-state index contributed by atoms with van der Waals surface area (Å²) in [7, 11) is 0. The molecule has 0 radical (unpaired) electrons. The van der Waals surface area contributed by atoms with E-state index in [1.165, 1.54) is 60.7 Å². The number of aromatic hydroxyl groups is 1. The van der Waals surface area contributed by atoms with Gasteiger partial charge in [-0.1, -0.05) is 26.3 Å². The van der Waals surface area contributed by atoms with Crippen molar-refractivity contribution >= 4 is 69.0 Å². The summed E-state index contributed by atoms with van der Waals surface area (Å²) in [6.45, 7) is 4.57. The number of carbonyl (C=O) groups excluding carboxylic acids is 6. The highest BCUT2D eigenvalue weighted by Crippen LogP contribution is 2.42.